The van der Waals surface area contributed by atoms with Gasteiger partial charge in [-0.15, -0.1) is 0 Å². The fourth-order valence-corrected chi connectivity index (χ4v) is 3.10. The topological polar surface area (TPSA) is 24.5 Å². The third-order valence-electron chi connectivity index (χ3n) is 4.61. The van der Waals surface area contributed by atoms with Gasteiger partial charge in [0, 0.05) is 12.6 Å². The summed E-state index contributed by atoms with van der Waals surface area (Å²) in [5.74, 6) is 1.78. The first-order valence-electron chi connectivity index (χ1n) is 8.34. The Morgan fingerprint density at radius 3 is 2.76 bits per heavy atom. The van der Waals surface area contributed by atoms with Crippen LogP contribution in [0.15, 0.2) is 24.3 Å². The lowest BCUT2D eigenvalue weighted by Crippen LogP contribution is -2.42. The first-order chi connectivity index (χ1) is 10.2. The fourth-order valence-electron chi connectivity index (χ4n) is 3.10. The monoisotopic (exact) mass is 290 g/mol. The molecule has 0 bridgehead atoms. The maximum absolute atomic E-state index is 5.79. The van der Waals surface area contributed by atoms with Gasteiger partial charge in [-0.1, -0.05) is 19.1 Å². The summed E-state index contributed by atoms with van der Waals surface area (Å²) in [6.07, 6.45) is 2.64. The Morgan fingerprint density at radius 1 is 1.33 bits per heavy atom. The molecule has 0 radical (unpaired) electrons. The highest BCUT2D eigenvalue weighted by atomic mass is 16.5. The molecule has 0 amide bonds. The fraction of sp³-hybridized carbons (Fsp3) is 0.667. The van der Waals surface area contributed by atoms with Crippen LogP contribution in [-0.2, 0) is 0 Å². The Morgan fingerprint density at radius 2 is 2.10 bits per heavy atom. The molecule has 1 unspecified atom stereocenters. The van der Waals surface area contributed by atoms with Gasteiger partial charge in [0.25, 0.3) is 0 Å². The van der Waals surface area contributed by atoms with Crippen molar-refractivity contribution < 1.29 is 4.74 Å². The van der Waals surface area contributed by atoms with Crippen LogP contribution in [0.5, 0.6) is 5.75 Å². The molecule has 1 aliphatic heterocycles. The van der Waals surface area contributed by atoms with E-state index in [1.54, 1.807) is 0 Å². The average Bonchev–Trinajstić information content (AvgIpc) is 2.51. The zero-order valence-electron chi connectivity index (χ0n) is 13.8. The highest BCUT2D eigenvalue weighted by Crippen LogP contribution is 2.20. The summed E-state index contributed by atoms with van der Waals surface area (Å²) in [5.41, 5.74) is 1.25. The lowest BCUT2D eigenvalue weighted by atomic mass is 9.90. The van der Waals surface area contributed by atoms with Gasteiger partial charge in [0.1, 0.15) is 12.4 Å². The van der Waals surface area contributed by atoms with Crippen molar-refractivity contribution in [3.05, 3.63) is 29.8 Å². The number of ether oxygens (including phenoxy) is 1. The highest BCUT2D eigenvalue weighted by molar-refractivity contribution is 5.27. The second kappa shape index (κ2) is 8.40. The van der Waals surface area contributed by atoms with Crippen LogP contribution in [0.3, 0.4) is 0 Å². The van der Waals surface area contributed by atoms with Crippen molar-refractivity contribution in [3.8, 4) is 5.75 Å². The third-order valence-corrected chi connectivity index (χ3v) is 4.61. The largest absolute Gasteiger partial charge is 0.492 e. The van der Waals surface area contributed by atoms with E-state index in [4.69, 9.17) is 4.74 Å². The average molecular weight is 290 g/mol. The molecule has 1 atom stereocenters. The van der Waals surface area contributed by atoms with Crippen LogP contribution in [0.25, 0.3) is 0 Å². The van der Waals surface area contributed by atoms with Crippen LogP contribution in [0.4, 0.5) is 0 Å². The van der Waals surface area contributed by atoms with E-state index < -0.39 is 0 Å². The number of benzene rings is 1. The van der Waals surface area contributed by atoms with E-state index in [1.807, 2.05) is 12.1 Å². The molecule has 21 heavy (non-hydrogen) atoms. The van der Waals surface area contributed by atoms with Gasteiger partial charge in [-0.25, -0.2) is 0 Å². The number of aryl methyl sites for hydroxylation is 1. The highest BCUT2D eigenvalue weighted by Gasteiger charge is 2.22. The second-order valence-corrected chi connectivity index (χ2v) is 6.18. The lowest BCUT2D eigenvalue weighted by molar-refractivity contribution is 0.166. The van der Waals surface area contributed by atoms with E-state index in [0.717, 1.165) is 24.8 Å². The SMILES string of the molecule is CCN1CCC(C(C)NCCOc2cccc(C)c2)CC1. The molecular weight excluding hydrogens is 260 g/mol. The molecular formula is C18H30N2O. The molecule has 2 rings (SSSR count). The van der Waals surface area contributed by atoms with Crippen LogP contribution in [-0.4, -0.2) is 43.7 Å². The Hall–Kier alpha value is -1.06. The van der Waals surface area contributed by atoms with E-state index in [-0.39, 0.29) is 0 Å². The number of hydrogen-bond donors (Lipinski definition) is 1. The van der Waals surface area contributed by atoms with E-state index in [0.29, 0.717) is 6.04 Å². The van der Waals surface area contributed by atoms with E-state index in [1.165, 1.54) is 38.0 Å². The minimum Gasteiger partial charge on any atom is -0.492 e. The van der Waals surface area contributed by atoms with Crippen LogP contribution < -0.4 is 10.1 Å². The number of likely N-dealkylation sites (tertiary alicyclic amines) is 1. The van der Waals surface area contributed by atoms with Crippen molar-refractivity contribution in [1.29, 1.82) is 0 Å². The number of piperidine rings is 1. The predicted octanol–water partition coefficient (Wildman–Crippen LogP) is 3.08. The van der Waals surface area contributed by atoms with Crippen molar-refractivity contribution in [2.24, 2.45) is 5.92 Å². The summed E-state index contributed by atoms with van der Waals surface area (Å²) in [4.78, 5) is 2.55. The smallest absolute Gasteiger partial charge is 0.119 e. The number of nitrogens with one attached hydrogen (secondary N) is 1. The summed E-state index contributed by atoms with van der Waals surface area (Å²) < 4.78 is 5.79. The van der Waals surface area contributed by atoms with Crippen molar-refractivity contribution in [2.45, 2.75) is 39.7 Å². The maximum atomic E-state index is 5.79. The van der Waals surface area contributed by atoms with E-state index >= 15 is 0 Å². The van der Waals surface area contributed by atoms with Gasteiger partial charge in [-0.3, -0.25) is 0 Å². The van der Waals surface area contributed by atoms with Gasteiger partial charge >= 0.3 is 0 Å². The zero-order chi connectivity index (χ0) is 15.1. The molecule has 0 aromatic heterocycles. The summed E-state index contributed by atoms with van der Waals surface area (Å²) >= 11 is 0. The van der Waals surface area contributed by atoms with Crippen molar-refractivity contribution >= 4 is 0 Å². The quantitative estimate of drug-likeness (QED) is 0.781. The molecule has 0 saturated carbocycles. The summed E-state index contributed by atoms with van der Waals surface area (Å²) in [5, 5.41) is 3.63. The zero-order valence-corrected chi connectivity index (χ0v) is 13.8. The predicted molar refractivity (Wildman–Crippen MR) is 89.0 cm³/mol. The number of rotatable bonds is 7. The van der Waals surface area contributed by atoms with Crippen LogP contribution >= 0.6 is 0 Å². The van der Waals surface area contributed by atoms with Crippen molar-refractivity contribution in [2.75, 3.05) is 32.8 Å². The Labute approximate surface area is 129 Å². The molecule has 1 N–H and O–H groups in total. The first-order valence-corrected chi connectivity index (χ1v) is 8.34. The van der Waals surface area contributed by atoms with Gasteiger partial charge in [0.15, 0.2) is 0 Å². The number of hydrogen-bond acceptors (Lipinski definition) is 3. The first kappa shape index (κ1) is 16.3. The maximum Gasteiger partial charge on any atom is 0.119 e. The molecule has 3 nitrogen and oxygen atoms in total. The molecule has 0 aliphatic carbocycles. The third kappa shape index (κ3) is 5.33. The Bertz CT molecular complexity index is 413. The minimum atomic E-state index is 0.588. The van der Waals surface area contributed by atoms with Crippen LogP contribution in [0, 0.1) is 12.8 Å². The molecule has 1 aromatic carbocycles. The Kier molecular flexibility index (Phi) is 6.52. The molecule has 1 heterocycles. The van der Waals surface area contributed by atoms with Gasteiger partial charge in [0.05, 0.1) is 0 Å². The normalized spacial score (nSPS) is 18.6. The van der Waals surface area contributed by atoms with Gasteiger partial charge in [-0.05, 0) is 69.9 Å². The molecule has 1 fully saturated rings. The van der Waals surface area contributed by atoms with Gasteiger partial charge < -0.3 is 15.0 Å². The lowest BCUT2D eigenvalue weighted by Gasteiger charge is -2.34. The standard InChI is InChI=1S/C18H30N2O/c1-4-20-11-8-17(9-12-20)16(3)19-10-13-21-18-7-5-6-15(2)14-18/h5-7,14,16-17,19H,4,8-13H2,1-3H3. The summed E-state index contributed by atoms with van der Waals surface area (Å²) in [6, 6.07) is 8.84. The molecule has 118 valence electrons. The summed E-state index contributed by atoms with van der Waals surface area (Å²) in [7, 11) is 0. The molecule has 1 aromatic rings. The van der Waals surface area contributed by atoms with E-state index in [2.05, 4.69) is 43.1 Å². The van der Waals surface area contributed by atoms with Crippen LogP contribution in [0.1, 0.15) is 32.3 Å². The van der Waals surface area contributed by atoms with Gasteiger partial charge in [-0.2, -0.15) is 0 Å². The molecule has 0 spiro atoms. The minimum absolute atomic E-state index is 0.588. The summed E-state index contributed by atoms with van der Waals surface area (Å²) in [6.45, 7) is 12.0. The van der Waals surface area contributed by atoms with Crippen LogP contribution in [0.2, 0.25) is 0 Å². The van der Waals surface area contributed by atoms with Gasteiger partial charge in [0.2, 0.25) is 0 Å². The molecule has 3 heteroatoms. The number of nitrogens with zero attached hydrogens (tertiary/aromatic N) is 1. The molecule has 1 aliphatic rings. The molecule has 1 saturated heterocycles. The van der Waals surface area contributed by atoms with E-state index in [9.17, 15) is 0 Å². The van der Waals surface area contributed by atoms with Crippen molar-refractivity contribution in [1.82, 2.24) is 10.2 Å². The second-order valence-electron chi connectivity index (χ2n) is 6.18. The van der Waals surface area contributed by atoms with Crippen molar-refractivity contribution in [3.63, 3.8) is 0 Å². The Balaban J connectivity index is 1.62.